The number of para-hydroxylation sites is 1. The quantitative estimate of drug-likeness (QED) is 0.449. The lowest BCUT2D eigenvalue weighted by atomic mass is 9.72. The molecule has 4 rings (SSSR count). The van der Waals surface area contributed by atoms with E-state index in [0.717, 1.165) is 29.5 Å². The summed E-state index contributed by atoms with van der Waals surface area (Å²) < 4.78 is 5.37. The maximum Gasteiger partial charge on any atom is 0.222 e. The molecule has 150 valence electrons. The summed E-state index contributed by atoms with van der Waals surface area (Å²) in [6.45, 7) is 1.95. The maximum atomic E-state index is 6.31. The highest BCUT2D eigenvalue weighted by Crippen LogP contribution is 2.41. The Hall–Kier alpha value is -3.26. The van der Waals surface area contributed by atoms with E-state index in [1.54, 1.807) is 7.11 Å². The molecule has 0 aliphatic heterocycles. The normalized spacial score (nSPS) is 20.3. The molecule has 1 saturated carbocycles. The Morgan fingerprint density at radius 2 is 2.00 bits per heavy atom. The van der Waals surface area contributed by atoms with Crippen LogP contribution in [0.4, 0.5) is 11.8 Å². The van der Waals surface area contributed by atoms with Crippen LogP contribution in [0.15, 0.2) is 41.5 Å². The highest BCUT2D eigenvalue weighted by molar-refractivity contribution is 5.96. The van der Waals surface area contributed by atoms with E-state index >= 15 is 0 Å². The second kappa shape index (κ2) is 7.63. The molecule has 29 heavy (non-hydrogen) atoms. The number of amidine groups is 1. The number of nitrogens with two attached hydrogens (primary N) is 3. The second-order valence-corrected chi connectivity index (χ2v) is 7.47. The van der Waals surface area contributed by atoms with Gasteiger partial charge in [0.1, 0.15) is 17.1 Å². The third kappa shape index (κ3) is 3.71. The minimum Gasteiger partial charge on any atom is -0.494 e. The first-order valence-electron chi connectivity index (χ1n) is 9.62. The molecule has 0 saturated heterocycles. The summed E-state index contributed by atoms with van der Waals surface area (Å²) in [5.74, 6) is 2.34. The number of nitrogen functional groups attached to an aromatic ring is 1. The summed E-state index contributed by atoms with van der Waals surface area (Å²) in [6, 6.07) is 9.66. The zero-order chi connectivity index (χ0) is 20.5. The molecule has 1 unspecified atom stereocenters. The summed E-state index contributed by atoms with van der Waals surface area (Å²) >= 11 is 0. The van der Waals surface area contributed by atoms with Gasteiger partial charge in [-0.25, -0.2) is 9.98 Å². The molecule has 0 spiro atoms. The molecule has 6 N–H and O–H groups in total. The zero-order valence-electron chi connectivity index (χ0n) is 16.5. The molecule has 8 heteroatoms. The summed E-state index contributed by atoms with van der Waals surface area (Å²) in [7, 11) is 1.59. The van der Waals surface area contributed by atoms with Gasteiger partial charge in [-0.05, 0) is 43.5 Å². The molecule has 1 atom stereocenters. The summed E-state index contributed by atoms with van der Waals surface area (Å²) in [5.41, 5.74) is 20.8. The number of aromatic nitrogens is 3. The molecule has 8 nitrogen and oxygen atoms in total. The van der Waals surface area contributed by atoms with Crippen LogP contribution >= 0.6 is 0 Å². The molecule has 2 aromatic heterocycles. The van der Waals surface area contributed by atoms with Gasteiger partial charge in [-0.3, -0.25) is 4.98 Å². The van der Waals surface area contributed by atoms with E-state index in [1.165, 1.54) is 0 Å². The van der Waals surface area contributed by atoms with Crippen LogP contribution in [0.5, 0.6) is 5.75 Å². The molecule has 2 heterocycles. The minimum atomic E-state index is -0.0118. The average molecular weight is 391 g/mol. The molecule has 3 aromatic rings. The fourth-order valence-electron chi connectivity index (χ4n) is 3.62. The van der Waals surface area contributed by atoms with Crippen molar-refractivity contribution >= 4 is 28.5 Å². The first-order chi connectivity index (χ1) is 14.0. The molecule has 0 amide bonds. The zero-order valence-corrected chi connectivity index (χ0v) is 16.5. The largest absolute Gasteiger partial charge is 0.494 e. The number of ether oxygens (including phenoxy) is 1. The Bertz CT molecular complexity index is 1060. The number of aliphatic imine (C=N–C) groups is 1. The summed E-state index contributed by atoms with van der Waals surface area (Å²) in [4.78, 5) is 17.7. The highest BCUT2D eigenvalue weighted by Gasteiger charge is 2.34. The SMILES string of the molecule is COc1cccc2c(N=C(N)C3CC(c4ccc(C(C)N)cn4)C3)nc(N)nc12. The third-order valence-electron chi connectivity index (χ3n) is 5.45. The Kier molecular flexibility index (Phi) is 5.02. The average Bonchev–Trinajstić information content (AvgIpc) is 2.66. The molecule has 1 aromatic carbocycles. The lowest BCUT2D eigenvalue weighted by molar-refractivity contribution is 0.336. The first kappa shape index (κ1) is 19.1. The number of nitrogens with zero attached hydrogens (tertiary/aromatic N) is 4. The van der Waals surface area contributed by atoms with Gasteiger partial charge in [-0.15, -0.1) is 0 Å². The van der Waals surface area contributed by atoms with Crippen molar-refractivity contribution in [2.75, 3.05) is 12.8 Å². The maximum absolute atomic E-state index is 6.31. The lowest BCUT2D eigenvalue weighted by Crippen LogP contribution is -2.34. The van der Waals surface area contributed by atoms with Crippen molar-refractivity contribution in [2.45, 2.75) is 31.7 Å². The van der Waals surface area contributed by atoms with E-state index in [4.69, 9.17) is 21.9 Å². The summed E-state index contributed by atoms with van der Waals surface area (Å²) in [6.07, 6.45) is 3.66. The fraction of sp³-hybridized carbons (Fsp3) is 0.333. The molecule has 0 radical (unpaired) electrons. The van der Waals surface area contributed by atoms with Crippen molar-refractivity contribution in [1.82, 2.24) is 15.0 Å². The van der Waals surface area contributed by atoms with Gasteiger partial charge >= 0.3 is 0 Å². The standard InChI is InChI=1S/C21H25N7O/c1-11(22)12-6-7-16(25-10-12)13-8-14(9-13)19(23)27-20-15-4-3-5-17(29-2)18(15)26-21(24)28-20/h3-7,10-11,13-14H,8-9,22H2,1-2H3,(H4,23,24,26,27,28). The smallest absolute Gasteiger partial charge is 0.222 e. The van der Waals surface area contributed by atoms with Gasteiger partial charge in [0, 0.05) is 35.2 Å². The molecular weight excluding hydrogens is 366 g/mol. The minimum absolute atomic E-state index is 0.0118. The van der Waals surface area contributed by atoms with Crippen molar-refractivity contribution in [3.63, 3.8) is 0 Å². The van der Waals surface area contributed by atoms with Crippen LogP contribution in [-0.2, 0) is 0 Å². The van der Waals surface area contributed by atoms with E-state index in [1.807, 2.05) is 37.4 Å². The van der Waals surface area contributed by atoms with Gasteiger partial charge in [0.25, 0.3) is 0 Å². The fourth-order valence-corrected chi connectivity index (χ4v) is 3.62. The van der Waals surface area contributed by atoms with Crippen molar-refractivity contribution in [2.24, 2.45) is 22.4 Å². The number of pyridine rings is 1. The predicted molar refractivity (Wildman–Crippen MR) is 114 cm³/mol. The number of hydrogen-bond donors (Lipinski definition) is 3. The highest BCUT2D eigenvalue weighted by atomic mass is 16.5. The third-order valence-corrected chi connectivity index (χ3v) is 5.45. The van der Waals surface area contributed by atoms with Crippen molar-refractivity contribution in [3.05, 3.63) is 47.8 Å². The van der Waals surface area contributed by atoms with Gasteiger partial charge in [0.2, 0.25) is 5.95 Å². The lowest BCUT2D eigenvalue weighted by Gasteiger charge is -2.34. The van der Waals surface area contributed by atoms with Crippen molar-refractivity contribution < 1.29 is 4.74 Å². The van der Waals surface area contributed by atoms with E-state index in [2.05, 4.69) is 26.0 Å². The molecule has 1 aliphatic carbocycles. The first-order valence-corrected chi connectivity index (χ1v) is 9.62. The predicted octanol–water partition coefficient (Wildman–Crippen LogP) is 2.82. The van der Waals surface area contributed by atoms with E-state index in [9.17, 15) is 0 Å². The van der Waals surface area contributed by atoms with Gasteiger partial charge in [-0.2, -0.15) is 4.98 Å². The Morgan fingerprint density at radius 1 is 1.21 bits per heavy atom. The Balaban J connectivity index is 1.53. The van der Waals surface area contributed by atoms with Crippen LogP contribution in [0.25, 0.3) is 10.9 Å². The Labute approximate surface area is 169 Å². The topological polar surface area (TPSA) is 138 Å². The van der Waals surface area contributed by atoms with E-state index < -0.39 is 0 Å². The van der Waals surface area contributed by atoms with Crippen LogP contribution < -0.4 is 21.9 Å². The number of rotatable bonds is 5. The second-order valence-electron chi connectivity index (χ2n) is 7.47. The van der Waals surface area contributed by atoms with Gasteiger partial charge in [-0.1, -0.05) is 12.1 Å². The van der Waals surface area contributed by atoms with Crippen molar-refractivity contribution in [3.8, 4) is 5.75 Å². The molecule has 1 aliphatic rings. The Morgan fingerprint density at radius 3 is 2.66 bits per heavy atom. The van der Waals surface area contributed by atoms with E-state index in [0.29, 0.717) is 28.8 Å². The van der Waals surface area contributed by atoms with Crippen LogP contribution in [0.2, 0.25) is 0 Å². The molecule has 1 fully saturated rings. The number of methoxy groups -OCH3 is 1. The number of fused-ring (bicyclic) bond motifs is 1. The number of anilines is 1. The summed E-state index contributed by atoms with van der Waals surface area (Å²) in [5, 5.41) is 0.755. The van der Waals surface area contributed by atoms with Crippen LogP contribution in [-0.4, -0.2) is 27.9 Å². The van der Waals surface area contributed by atoms with E-state index in [-0.39, 0.29) is 17.9 Å². The van der Waals surface area contributed by atoms with Gasteiger partial charge < -0.3 is 21.9 Å². The van der Waals surface area contributed by atoms with Crippen LogP contribution in [0, 0.1) is 5.92 Å². The van der Waals surface area contributed by atoms with Crippen molar-refractivity contribution in [1.29, 1.82) is 0 Å². The van der Waals surface area contributed by atoms with Gasteiger partial charge in [0.05, 0.1) is 7.11 Å². The monoisotopic (exact) mass is 391 g/mol. The molecular formula is C21H25N7O. The van der Waals surface area contributed by atoms with Crippen LogP contribution in [0.1, 0.15) is 43.0 Å². The van der Waals surface area contributed by atoms with Crippen LogP contribution in [0.3, 0.4) is 0 Å². The molecule has 0 bridgehead atoms. The van der Waals surface area contributed by atoms with Gasteiger partial charge in [0.15, 0.2) is 5.82 Å². The number of benzene rings is 1. The number of hydrogen-bond acceptors (Lipinski definition) is 7.